The molecule has 2 N–H and O–H groups in total. The van der Waals surface area contributed by atoms with Crippen LogP contribution < -0.4 is 20.1 Å². The summed E-state index contributed by atoms with van der Waals surface area (Å²) < 4.78 is 10.9. The summed E-state index contributed by atoms with van der Waals surface area (Å²) in [6.45, 7) is 6.03. The number of benzene rings is 3. The fraction of sp³-hybridized carbons (Fsp3) is 0.321. The zero-order chi connectivity index (χ0) is 25.3. The van der Waals surface area contributed by atoms with Crippen LogP contribution in [0.3, 0.4) is 0 Å². The first-order chi connectivity index (χ1) is 16.6. The number of amides is 2. The van der Waals surface area contributed by atoms with Gasteiger partial charge in [0.25, 0.3) is 17.6 Å². The van der Waals surface area contributed by atoms with Crippen LogP contribution in [-0.2, 0) is 10.2 Å². The van der Waals surface area contributed by atoms with Crippen molar-refractivity contribution in [2.75, 3.05) is 19.5 Å². The molecule has 0 atom stereocenters. The summed E-state index contributed by atoms with van der Waals surface area (Å²) in [6, 6.07) is 14.2. The minimum atomic E-state index is -0.821. The number of Topliss-reactive ketones (excluding diaryl/α,β-unsaturated/α-hetero) is 1. The van der Waals surface area contributed by atoms with Gasteiger partial charge in [0.05, 0.1) is 25.5 Å². The summed E-state index contributed by atoms with van der Waals surface area (Å²) in [5.41, 5.74) is 1.38. The van der Waals surface area contributed by atoms with E-state index in [9.17, 15) is 14.4 Å². The minimum absolute atomic E-state index is 0.161. The van der Waals surface area contributed by atoms with E-state index in [2.05, 4.69) is 10.6 Å². The van der Waals surface area contributed by atoms with Crippen LogP contribution in [0.5, 0.6) is 11.5 Å². The lowest BCUT2D eigenvalue weighted by atomic mass is 9.85. The SMILES string of the molecule is COc1c(NC(=O)C(=O)c2ccc(OC)c3ccccc23)cc(C(C)(C)C)cc1C(=O)NC1CC1. The van der Waals surface area contributed by atoms with Crippen LogP contribution in [0.15, 0.2) is 48.5 Å². The molecule has 0 aliphatic heterocycles. The van der Waals surface area contributed by atoms with E-state index in [-0.39, 0.29) is 34.4 Å². The Kier molecular flexibility index (Phi) is 6.52. The predicted octanol–water partition coefficient (Wildman–Crippen LogP) is 4.87. The van der Waals surface area contributed by atoms with Crippen molar-refractivity contribution in [3.63, 3.8) is 0 Å². The molecule has 4 rings (SSSR count). The van der Waals surface area contributed by atoms with Crippen LogP contribution in [0, 0.1) is 0 Å². The van der Waals surface area contributed by atoms with Gasteiger partial charge in [-0.15, -0.1) is 0 Å². The maximum absolute atomic E-state index is 13.2. The van der Waals surface area contributed by atoms with E-state index >= 15 is 0 Å². The molecule has 1 fully saturated rings. The lowest BCUT2D eigenvalue weighted by Crippen LogP contribution is -2.28. The van der Waals surface area contributed by atoms with Gasteiger partial charge in [0, 0.05) is 17.0 Å². The van der Waals surface area contributed by atoms with Gasteiger partial charge >= 0.3 is 0 Å². The summed E-state index contributed by atoms with van der Waals surface area (Å²) in [5, 5.41) is 7.03. The minimum Gasteiger partial charge on any atom is -0.496 e. The van der Waals surface area contributed by atoms with E-state index in [0.29, 0.717) is 16.7 Å². The monoisotopic (exact) mass is 474 g/mol. The third kappa shape index (κ3) is 4.99. The van der Waals surface area contributed by atoms with Gasteiger partial charge in [-0.25, -0.2) is 0 Å². The molecule has 1 saturated carbocycles. The molecule has 7 nitrogen and oxygen atoms in total. The fourth-order valence-corrected chi connectivity index (χ4v) is 3.98. The van der Waals surface area contributed by atoms with E-state index in [1.165, 1.54) is 7.11 Å². The number of fused-ring (bicyclic) bond motifs is 1. The van der Waals surface area contributed by atoms with Crippen molar-refractivity contribution >= 4 is 34.1 Å². The average molecular weight is 475 g/mol. The molecule has 1 aliphatic carbocycles. The molecule has 2 amide bonds. The number of ketones is 1. The highest BCUT2D eigenvalue weighted by molar-refractivity contribution is 6.48. The highest BCUT2D eigenvalue weighted by Gasteiger charge is 2.29. The number of carbonyl (C=O) groups excluding carboxylic acids is 3. The van der Waals surface area contributed by atoms with Gasteiger partial charge in [0.15, 0.2) is 5.75 Å². The highest BCUT2D eigenvalue weighted by atomic mass is 16.5. The summed E-state index contributed by atoms with van der Waals surface area (Å²) in [5.74, 6) is -0.951. The normalized spacial score (nSPS) is 13.3. The molecule has 7 heteroatoms. The Hall–Kier alpha value is -3.87. The Morgan fingerprint density at radius 3 is 2.17 bits per heavy atom. The molecule has 0 unspecified atom stereocenters. The van der Waals surface area contributed by atoms with Crippen molar-refractivity contribution in [2.45, 2.75) is 45.1 Å². The van der Waals surface area contributed by atoms with Crippen LogP contribution in [0.25, 0.3) is 10.8 Å². The topological polar surface area (TPSA) is 93.7 Å². The third-order valence-corrected chi connectivity index (χ3v) is 6.12. The molecule has 3 aromatic carbocycles. The molecular formula is C28H30N2O5. The van der Waals surface area contributed by atoms with Crippen molar-refractivity contribution in [2.24, 2.45) is 0 Å². The van der Waals surface area contributed by atoms with Gasteiger partial charge in [0.1, 0.15) is 5.75 Å². The molecule has 0 aromatic heterocycles. The van der Waals surface area contributed by atoms with Crippen molar-refractivity contribution in [3.8, 4) is 11.5 Å². The number of hydrogen-bond acceptors (Lipinski definition) is 5. The number of carbonyl (C=O) groups is 3. The van der Waals surface area contributed by atoms with Crippen LogP contribution in [0.4, 0.5) is 5.69 Å². The second kappa shape index (κ2) is 9.41. The van der Waals surface area contributed by atoms with Gasteiger partial charge in [-0.05, 0) is 53.5 Å². The van der Waals surface area contributed by atoms with Crippen LogP contribution in [0.2, 0.25) is 0 Å². The molecule has 0 spiro atoms. The number of methoxy groups -OCH3 is 2. The largest absolute Gasteiger partial charge is 0.496 e. The Labute approximate surface area is 204 Å². The van der Waals surface area contributed by atoms with E-state index in [0.717, 1.165) is 23.8 Å². The molecule has 1 aliphatic rings. The molecule has 35 heavy (non-hydrogen) atoms. The predicted molar refractivity (Wildman–Crippen MR) is 136 cm³/mol. The lowest BCUT2D eigenvalue weighted by Gasteiger charge is -2.23. The van der Waals surface area contributed by atoms with Gasteiger partial charge in [-0.2, -0.15) is 0 Å². The lowest BCUT2D eigenvalue weighted by molar-refractivity contribution is -0.112. The number of ether oxygens (including phenoxy) is 2. The first-order valence-corrected chi connectivity index (χ1v) is 11.6. The zero-order valence-electron chi connectivity index (χ0n) is 20.7. The van der Waals surface area contributed by atoms with E-state index in [1.807, 2.05) is 32.9 Å². The van der Waals surface area contributed by atoms with Crippen LogP contribution in [-0.4, -0.2) is 37.9 Å². The standard InChI is InChI=1S/C28H30N2O5/c1-28(2,3)16-14-21(26(32)29-17-10-11-17)25(35-5)22(15-16)30-27(33)24(31)20-12-13-23(34-4)19-9-7-6-8-18(19)20/h6-9,12-15,17H,10-11H2,1-5H3,(H,29,32)(H,30,33). The zero-order valence-corrected chi connectivity index (χ0v) is 20.7. The molecule has 3 aromatic rings. The van der Waals surface area contributed by atoms with E-state index in [4.69, 9.17) is 9.47 Å². The molecule has 0 bridgehead atoms. The third-order valence-electron chi connectivity index (χ3n) is 6.12. The fourth-order valence-electron chi connectivity index (χ4n) is 3.98. The maximum atomic E-state index is 13.2. The van der Waals surface area contributed by atoms with Crippen molar-refractivity contribution in [1.82, 2.24) is 5.32 Å². The number of hydrogen-bond donors (Lipinski definition) is 2. The quantitative estimate of drug-likeness (QED) is 0.376. The van der Waals surface area contributed by atoms with Crippen LogP contribution >= 0.6 is 0 Å². The number of nitrogens with one attached hydrogen (secondary N) is 2. The summed E-state index contributed by atoms with van der Waals surface area (Å²) in [6.07, 6.45) is 1.89. The van der Waals surface area contributed by atoms with E-state index < -0.39 is 11.7 Å². The molecule has 0 saturated heterocycles. The van der Waals surface area contributed by atoms with Gasteiger partial charge in [-0.3, -0.25) is 14.4 Å². The van der Waals surface area contributed by atoms with E-state index in [1.54, 1.807) is 43.5 Å². The number of rotatable bonds is 7. The first-order valence-electron chi connectivity index (χ1n) is 11.6. The van der Waals surface area contributed by atoms with Gasteiger partial charge in [0.2, 0.25) is 0 Å². The Morgan fingerprint density at radius 2 is 1.57 bits per heavy atom. The average Bonchev–Trinajstić information content (AvgIpc) is 3.65. The number of anilines is 1. The van der Waals surface area contributed by atoms with Crippen molar-refractivity contribution in [1.29, 1.82) is 0 Å². The highest BCUT2D eigenvalue weighted by Crippen LogP contribution is 2.36. The molecule has 0 radical (unpaired) electrons. The van der Waals surface area contributed by atoms with Crippen LogP contribution in [0.1, 0.15) is 59.9 Å². The molecular weight excluding hydrogens is 444 g/mol. The Balaban J connectivity index is 1.72. The molecule has 0 heterocycles. The Bertz CT molecular complexity index is 1320. The Morgan fingerprint density at radius 1 is 0.886 bits per heavy atom. The van der Waals surface area contributed by atoms with Crippen molar-refractivity contribution in [3.05, 3.63) is 65.2 Å². The van der Waals surface area contributed by atoms with Gasteiger partial charge < -0.3 is 20.1 Å². The maximum Gasteiger partial charge on any atom is 0.296 e. The summed E-state index contributed by atoms with van der Waals surface area (Å²) >= 11 is 0. The smallest absolute Gasteiger partial charge is 0.296 e. The first kappa shape index (κ1) is 24.3. The van der Waals surface area contributed by atoms with Crippen molar-refractivity contribution < 1.29 is 23.9 Å². The summed E-state index contributed by atoms with van der Waals surface area (Å²) in [7, 11) is 3.00. The van der Waals surface area contributed by atoms with Gasteiger partial charge in [-0.1, -0.05) is 45.0 Å². The second-order valence-electron chi connectivity index (χ2n) is 9.75. The second-order valence-corrected chi connectivity index (χ2v) is 9.75. The summed E-state index contributed by atoms with van der Waals surface area (Å²) in [4.78, 5) is 39.4. The molecule has 182 valence electrons.